The standard InChI is InChI=1S/C21H30N2O3/c1-8-25-17-10-9-13(2)11-16(17)14(3)22-19(24)12-18-15(4)23-20(26-18)21(5,6)7/h9-11,14H,8,12H2,1-7H3,(H,22,24). The third kappa shape index (κ3) is 4.87. The lowest BCUT2D eigenvalue weighted by Gasteiger charge is -2.18. The molecular weight excluding hydrogens is 328 g/mol. The molecule has 0 aliphatic rings. The van der Waals surface area contributed by atoms with Gasteiger partial charge in [-0.3, -0.25) is 4.79 Å². The Bertz CT molecular complexity index is 772. The van der Waals surface area contributed by atoms with Crippen molar-refractivity contribution in [2.75, 3.05) is 6.61 Å². The zero-order chi connectivity index (χ0) is 19.5. The molecule has 1 heterocycles. The van der Waals surface area contributed by atoms with Crippen LogP contribution in [0.4, 0.5) is 0 Å². The summed E-state index contributed by atoms with van der Waals surface area (Å²) in [5, 5.41) is 3.04. The number of ether oxygens (including phenoxy) is 1. The molecule has 0 bridgehead atoms. The average molecular weight is 358 g/mol. The van der Waals surface area contributed by atoms with E-state index in [1.807, 2.05) is 66.7 Å². The van der Waals surface area contributed by atoms with Crippen LogP contribution < -0.4 is 10.1 Å². The molecular formula is C21H30N2O3. The van der Waals surface area contributed by atoms with Gasteiger partial charge in [0.15, 0.2) is 5.89 Å². The van der Waals surface area contributed by atoms with Gasteiger partial charge in [-0.25, -0.2) is 4.98 Å². The number of aryl methyl sites for hydroxylation is 2. The number of oxazole rings is 1. The highest BCUT2D eigenvalue weighted by Crippen LogP contribution is 2.27. The number of carbonyl (C=O) groups is 1. The van der Waals surface area contributed by atoms with Crippen molar-refractivity contribution < 1.29 is 13.9 Å². The van der Waals surface area contributed by atoms with Gasteiger partial charge in [0.2, 0.25) is 5.91 Å². The summed E-state index contributed by atoms with van der Waals surface area (Å²) in [4.78, 5) is 17.0. The van der Waals surface area contributed by atoms with Crippen molar-refractivity contribution in [3.63, 3.8) is 0 Å². The van der Waals surface area contributed by atoms with Gasteiger partial charge in [0.1, 0.15) is 11.5 Å². The van der Waals surface area contributed by atoms with Crippen molar-refractivity contribution >= 4 is 5.91 Å². The van der Waals surface area contributed by atoms with Gasteiger partial charge in [0.25, 0.3) is 0 Å². The minimum absolute atomic E-state index is 0.0961. The molecule has 0 aliphatic heterocycles. The lowest BCUT2D eigenvalue weighted by molar-refractivity contribution is -0.121. The molecule has 142 valence electrons. The summed E-state index contributed by atoms with van der Waals surface area (Å²) in [5.74, 6) is 1.98. The number of rotatable bonds is 6. The molecule has 1 N–H and O–H groups in total. The van der Waals surface area contributed by atoms with E-state index in [-0.39, 0.29) is 23.8 Å². The number of benzene rings is 1. The highest BCUT2D eigenvalue weighted by atomic mass is 16.5. The van der Waals surface area contributed by atoms with Gasteiger partial charge >= 0.3 is 0 Å². The third-order valence-electron chi connectivity index (χ3n) is 4.16. The van der Waals surface area contributed by atoms with Crippen LogP contribution in [0.2, 0.25) is 0 Å². The van der Waals surface area contributed by atoms with Crippen LogP contribution in [0.5, 0.6) is 5.75 Å². The molecule has 0 spiro atoms. The molecule has 0 saturated carbocycles. The monoisotopic (exact) mass is 358 g/mol. The largest absolute Gasteiger partial charge is 0.494 e. The molecule has 1 atom stereocenters. The number of nitrogens with zero attached hydrogens (tertiary/aromatic N) is 1. The molecule has 2 rings (SSSR count). The van der Waals surface area contributed by atoms with Gasteiger partial charge in [0, 0.05) is 11.0 Å². The summed E-state index contributed by atoms with van der Waals surface area (Å²) in [7, 11) is 0. The predicted molar refractivity (Wildman–Crippen MR) is 103 cm³/mol. The smallest absolute Gasteiger partial charge is 0.228 e. The molecule has 5 nitrogen and oxygen atoms in total. The molecule has 5 heteroatoms. The van der Waals surface area contributed by atoms with Crippen molar-refractivity contribution in [3.05, 3.63) is 46.7 Å². The molecule has 2 aromatic rings. The van der Waals surface area contributed by atoms with Crippen LogP contribution >= 0.6 is 0 Å². The summed E-state index contributed by atoms with van der Waals surface area (Å²) in [5.41, 5.74) is 2.69. The minimum Gasteiger partial charge on any atom is -0.494 e. The first-order valence-electron chi connectivity index (χ1n) is 9.11. The van der Waals surface area contributed by atoms with Gasteiger partial charge in [-0.1, -0.05) is 38.5 Å². The normalized spacial score (nSPS) is 12.7. The van der Waals surface area contributed by atoms with Crippen molar-refractivity contribution in [1.29, 1.82) is 0 Å². The fourth-order valence-electron chi connectivity index (χ4n) is 2.72. The third-order valence-corrected chi connectivity index (χ3v) is 4.16. The number of aromatic nitrogens is 1. The Balaban J connectivity index is 2.11. The maximum atomic E-state index is 12.5. The van der Waals surface area contributed by atoms with Crippen molar-refractivity contribution in [2.24, 2.45) is 0 Å². The Kier molecular flexibility index (Phi) is 6.11. The zero-order valence-electron chi connectivity index (χ0n) is 16.9. The van der Waals surface area contributed by atoms with Gasteiger partial charge in [-0.2, -0.15) is 0 Å². The summed E-state index contributed by atoms with van der Waals surface area (Å²) in [6.07, 6.45) is 0.176. The van der Waals surface area contributed by atoms with E-state index >= 15 is 0 Å². The van der Waals surface area contributed by atoms with Crippen LogP contribution in [0, 0.1) is 13.8 Å². The van der Waals surface area contributed by atoms with Gasteiger partial charge < -0.3 is 14.5 Å². The first kappa shape index (κ1) is 20.0. The maximum Gasteiger partial charge on any atom is 0.228 e. The summed E-state index contributed by atoms with van der Waals surface area (Å²) in [6.45, 7) is 14.5. The van der Waals surface area contributed by atoms with E-state index in [1.165, 1.54) is 0 Å². The molecule has 0 aliphatic carbocycles. The summed E-state index contributed by atoms with van der Waals surface area (Å²) in [6, 6.07) is 5.85. The Morgan fingerprint density at radius 2 is 2.00 bits per heavy atom. The zero-order valence-corrected chi connectivity index (χ0v) is 16.9. The fourth-order valence-corrected chi connectivity index (χ4v) is 2.72. The Hall–Kier alpha value is -2.30. The first-order chi connectivity index (χ1) is 12.1. The second-order valence-electron chi connectivity index (χ2n) is 7.72. The van der Waals surface area contributed by atoms with Gasteiger partial charge in [-0.05, 0) is 33.8 Å². The molecule has 1 unspecified atom stereocenters. The van der Waals surface area contributed by atoms with Crippen molar-refractivity contribution in [1.82, 2.24) is 10.3 Å². The topological polar surface area (TPSA) is 64.4 Å². The van der Waals surface area contributed by atoms with E-state index in [2.05, 4.69) is 10.3 Å². The fraction of sp³-hybridized carbons (Fsp3) is 0.524. The Morgan fingerprint density at radius 1 is 1.31 bits per heavy atom. The maximum absolute atomic E-state index is 12.5. The van der Waals surface area contributed by atoms with Crippen LogP contribution in [0.15, 0.2) is 22.6 Å². The highest BCUT2D eigenvalue weighted by molar-refractivity contribution is 5.78. The highest BCUT2D eigenvalue weighted by Gasteiger charge is 2.24. The molecule has 26 heavy (non-hydrogen) atoms. The van der Waals surface area contributed by atoms with Crippen molar-refractivity contribution in [3.8, 4) is 5.75 Å². The number of nitrogens with one attached hydrogen (secondary N) is 1. The molecule has 1 amide bonds. The van der Waals surface area contributed by atoms with E-state index in [0.717, 1.165) is 22.6 Å². The average Bonchev–Trinajstić information content (AvgIpc) is 2.90. The van der Waals surface area contributed by atoms with E-state index in [0.29, 0.717) is 18.3 Å². The summed E-state index contributed by atoms with van der Waals surface area (Å²) < 4.78 is 11.5. The minimum atomic E-state index is -0.180. The van der Waals surface area contributed by atoms with Crippen LogP contribution in [0.1, 0.15) is 69.1 Å². The lowest BCUT2D eigenvalue weighted by Crippen LogP contribution is -2.28. The van der Waals surface area contributed by atoms with E-state index in [1.54, 1.807) is 0 Å². The SMILES string of the molecule is CCOc1ccc(C)cc1C(C)NC(=O)Cc1oc(C(C)(C)C)nc1C. The number of carbonyl (C=O) groups excluding carboxylic acids is 1. The number of hydrogen-bond acceptors (Lipinski definition) is 4. The molecule has 0 fully saturated rings. The van der Waals surface area contributed by atoms with Gasteiger partial charge in [0.05, 0.1) is 24.8 Å². The van der Waals surface area contributed by atoms with Crippen LogP contribution in [-0.4, -0.2) is 17.5 Å². The number of amides is 1. The Morgan fingerprint density at radius 3 is 2.58 bits per heavy atom. The number of hydrogen-bond donors (Lipinski definition) is 1. The predicted octanol–water partition coefficient (Wildman–Crippen LogP) is 4.41. The van der Waals surface area contributed by atoms with Crippen LogP contribution in [-0.2, 0) is 16.6 Å². The van der Waals surface area contributed by atoms with E-state index in [4.69, 9.17) is 9.15 Å². The molecule has 0 saturated heterocycles. The molecule has 1 aromatic carbocycles. The Labute approximate surface area is 156 Å². The van der Waals surface area contributed by atoms with Gasteiger partial charge in [-0.15, -0.1) is 0 Å². The van der Waals surface area contributed by atoms with Crippen LogP contribution in [0.25, 0.3) is 0 Å². The quantitative estimate of drug-likeness (QED) is 0.831. The van der Waals surface area contributed by atoms with Crippen molar-refractivity contribution in [2.45, 2.75) is 66.3 Å². The second kappa shape index (κ2) is 7.94. The molecule has 1 aromatic heterocycles. The summed E-state index contributed by atoms with van der Waals surface area (Å²) >= 11 is 0. The van der Waals surface area contributed by atoms with Crippen LogP contribution in [0.3, 0.4) is 0 Å². The van der Waals surface area contributed by atoms with E-state index in [9.17, 15) is 4.79 Å². The first-order valence-corrected chi connectivity index (χ1v) is 9.11. The molecule has 0 radical (unpaired) electrons. The second-order valence-corrected chi connectivity index (χ2v) is 7.72. The lowest BCUT2D eigenvalue weighted by atomic mass is 9.97. The van der Waals surface area contributed by atoms with E-state index < -0.39 is 0 Å².